The van der Waals surface area contributed by atoms with Crippen LogP contribution < -0.4 is 0 Å². The number of benzene rings is 1. The van der Waals surface area contributed by atoms with Crippen LogP contribution in [0.5, 0.6) is 0 Å². The van der Waals surface area contributed by atoms with Gasteiger partial charge in [0.05, 0.1) is 16.7 Å². The topological polar surface area (TPSA) is 17.3 Å². The summed E-state index contributed by atoms with van der Waals surface area (Å²) in [6.07, 6.45) is 4.98. The fourth-order valence-corrected chi connectivity index (χ4v) is 2.67. The van der Waals surface area contributed by atoms with E-state index in [9.17, 15) is 0 Å². The molecule has 0 amide bonds. The highest BCUT2D eigenvalue weighted by molar-refractivity contribution is 5.93. The van der Waals surface area contributed by atoms with E-state index in [1.54, 1.807) is 0 Å². The third kappa shape index (κ3) is 1.37. The molecular weight excluding hydrogens is 208 g/mol. The molecule has 0 aliphatic heterocycles. The first-order valence-electron chi connectivity index (χ1n) is 6.07. The smallest absolute Gasteiger partial charge is 0.0707 e. The van der Waals surface area contributed by atoms with Crippen molar-refractivity contribution in [2.75, 3.05) is 0 Å². The minimum Gasteiger partial charge on any atom is -0.313 e. The second kappa shape index (κ2) is 3.59. The molecule has 3 rings (SSSR count). The third-order valence-corrected chi connectivity index (χ3v) is 3.44. The molecule has 0 fully saturated rings. The lowest BCUT2D eigenvalue weighted by Gasteiger charge is -2.00. The number of aryl methyl sites for hydroxylation is 3. The van der Waals surface area contributed by atoms with Crippen molar-refractivity contribution >= 4 is 16.4 Å². The van der Waals surface area contributed by atoms with Gasteiger partial charge in [-0.2, -0.15) is 0 Å². The van der Waals surface area contributed by atoms with Crippen molar-refractivity contribution in [2.45, 2.75) is 27.2 Å². The number of hydrogen-bond donors (Lipinski definition) is 0. The van der Waals surface area contributed by atoms with Gasteiger partial charge in [0.2, 0.25) is 0 Å². The van der Waals surface area contributed by atoms with E-state index >= 15 is 0 Å². The average molecular weight is 224 g/mol. The molecule has 0 aliphatic carbocycles. The Morgan fingerprint density at radius 2 is 2.06 bits per heavy atom. The van der Waals surface area contributed by atoms with Crippen LogP contribution in [0, 0.1) is 13.8 Å². The summed E-state index contributed by atoms with van der Waals surface area (Å²) in [6, 6.07) is 6.65. The van der Waals surface area contributed by atoms with Gasteiger partial charge in [-0.15, -0.1) is 0 Å². The van der Waals surface area contributed by atoms with Crippen molar-refractivity contribution in [2.24, 2.45) is 0 Å². The maximum Gasteiger partial charge on any atom is 0.0707 e. The lowest BCUT2D eigenvalue weighted by atomic mass is 10.1. The van der Waals surface area contributed by atoms with E-state index in [0.717, 1.165) is 12.1 Å². The van der Waals surface area contributed by atoms with Crippen LogP contribution in [0.4, 0.5) is 0 Å². The van der Waals surface area contributed by atoms with Gasteiger partial charge in [0.15, 0.2) is 0 Å². The zero-order valence-corrected chi connectivity index (χ0v) is 10.5. The standard InChI is InChI=1S/C15H16N2/c1-4-12-13-9-10(2)5-6-14(13)17-8-7-16-11(3)15(12)17/h5-9H,4H2,1-3H3. The highest BCUT2D eigenvalue weighted by Gasteiger charge is 2.12. The minimum absolute atomic E-state index is 1.04. The molecule has 0 bridgehead atoms. The number of rotatable bonds is 1. The summed E-state index contributed by atoms with van der Waals surface area (Å²) in [5, 5.41) is 1.36. The summed E-state index contributed by atoms with van der Waals surface area (Å²) in [7, 11) is 0. The molecule has 2 aromatic heterocycles. The Bertz CT molecular complexity index is 708. The van der Waals surface area contributed by atoms with Gasteiger partial charge in [0.25, 0.3) is 0 Å². The predicted molar refractivity (Wildman–Crippen MR) is 71.6 cm³/mol. The van der Waals surface area contributed by atoms with Crippen LogP contribution in [0.25, 0.3) is 16.4 Å². The molecule has 1 aromatic carbocycles. The van der Waals surface area contributed by atoms with Gasteiger partial charge < -0.3 is 4.40 Å². The summed E-state index contributed by atoms with van der Waals surface area (Å²) >= 11 is 0. The Morgan fingerprint density at radius 1 is 1.24 bits per heavy atom. The maximum atomic E-state index is 4.41. The van der Waals surface area contributed by atoms with Crippen LogP contribution in [0.2, 0.25) is 0 Å². The predicted octanol–water partition coefficient (Wildman–Crippen LogP) is 3.67. The molecule has 86 valence electrons. The lowest BCUT2D eigenvalue weighted by Crippen LogP contribution is -1.91. The van der Waals surface area contributed by atoms with Gasteiger partial charge in [0.1, 0.15) is 0 Å². The molecule has 2 heteroatoms. The molecule has 0 saturated heterocycles. The Kier molecular flexibility index (Phi) is 2.18. The fraction of sp³-hybridized carbons (Fsp3) is 0.267. The van der Waals surface area contributed by atoms with Crippen LogP contribution >= 0.6 is 0 Å². The minimum atomic E-state index is 1.04. The second-order valence-corrected chi connectivity index (χ2v) is 4.58. The summed E-state index contributed by atoms with van der Waals surface area (Å²) in [4.78, 5) is 4.41. The molecule has 2 heterocycles. The largest absolute Gasteiger partial charge is 0.313 e. The van der Waals surface area contributed by atoms with Crippen molar-refractivity contribution in [3.8, 4) is 0 Å². The SMILES string of the molecule is CCc1c2cc(C)ccc2n2ccnc(C)c12. The van der Waals surface area contributed by atoms with E-state index in [1.165, 1.54) is 27.5 Å². The normalized spacial score (nSPS) is 11.5. The van der Waals surface area contributed by atoms with Gasteiger partial charge >= 0.3 is 0 Å². The molecule has 0 saturated carbocycles. The van der Waals surface area contributed by atoms with E-state index < -0.39 is 0 Å². The molecule has 0 aliphatic rings. The molecule has 3 aromatic rings. The molecular formula is C15H16N2. The summed E-state index contributed by atoms with van der Waals surface area (Å²) in [5.41, 5.74) is 6.39. The van der Waals surface area contributed by atoms with E-state index in [1.807, 2.05) is 6.20 Å². The molecule has 0 atom stereocenters. The van der Waals surface area contributed by atoms with Crippen LogP contribution in [-0.4, -0.2) is 9.38 Å². The highest BCUT2D eigenvalue weighted by atomic mass is 14.9. The quantitative estimate of drug-likeness (QED) is 0.616. The third-order valence-electron chi connectivity index (χ3n) is 3.44. The van der Waals surface area contributed by atoms with Gasteiger partial charge in [-0.3, -0.25) is 4.98 Å². The van der Waals surface area contributed by atoms with Crippen molar-refractivity contribution in [1.29, 1.82) is 0 Å². The number of aromatic nitrogens is 2. The van der Waals surface area contributed by atoms with Crippen molar-refractivity contribution in [1.82, 2.24) is 9.38 Å². The first kappa shape index (κ1) is 10.3. The van der Waals surface area contributed by atoms with E-state index in [4.69, 9.17) is 0 Å². The second-order valence-electron chi connectivity index (χ2n) is 4.58. The van der Waals surface area contributed by atoms with Gasteiger partial charge in [-0.1, -0.05) is 18.6 Å². The van der Waals surface area contributed by atoms with Gasteiger partial charge in [0, 0.05) is 17.8 Å². The summed E-state index contributed by atoms with van der Waals surface area (Å²) in [5.74, 6) is 0. The first-order valence-corrected chi connectivity index (χ1v) is 6.07. The van der Waals surface area contributed by atoms with Crippen molar-refractivity contribution < 1.29 is 0 Å². The van der Waals surface area contributed by atoms with Crippen LogP contribution in [-0.2, 0) is 6.42 Å². The first-order chi connectivity index (χ1) is 8.22. The molecule has 0 spiro atoms. The van der Waals surface area contributed by atoms with Crippen molar-refractivity contribution in [3.63, 3.8) is 0 Å². The zero-order valence-electron chi connectivity index (χ0n) is 10.5. The zero-order chi connectivity index (χ0) is 12.0. The molecule has 0 unspecified atom stereocenters. The Labute approximate surface area is 101 Å². The molecule has 0 N–H and O–H groups in total. The molecule has 0 radical (unpaired) electrons. The Balaban J connectivity index is 2.61. The van der Waals surface area contributed by atoms with Gasteiger partial charge in [-0.25, -0.2) is 0 Å². The number of fused-ring (bicyclic) bond motifs is 3. The van der Waals surface area contributed by atoms with E-state index in [-0.39, 0.29) is 0 Å². The maximum absolute atomic E-state index is 4.41. The highest BCUT2D eigenvalue weighted by Crippen LogP contribution is 2.29. The fourth-order valence-electron chi connectivity index (χ4n) is 2.67. The number of hydrogen-bond acceptors (Lipinski definition) is 1. The van der Waals surface area contributed by atoms with Gasteiger partial charge in [-0.05, 0) is 38.0 Å². The summed E-state index contributed by atoms with van der Waals surface area (Å²) in [6.45, 7) is 6.44. The monoisotopic (exact) mass is 224 g/mol. The van der Waals surface area contributed by atoms with Crippen LogP contribution in [0.15, 0.2) is 30.6 Å². The molecule has 2 nitrogen and oxygen atoms in total. The van der Waals surface area contributed by atoms with E-state index in [2.05, 4.69) is 54.6 Å². The van der Waals surface area contributed by atoms with Crippen molar-refractivity contribution in [3.05, 3.63) is 47.4 Å². The Hall–Kier alpha value is -1.83. The molecule has 17 heavy (non-hydrogen) atoms. The number of nitrogens with zero attached hydrogens (tertiary/aromatic N) is 2. The van der Waals surface area contributed by atoms with E-state index in [0.29, 0.717) is 0 Å². The van der Waals surface area contributed by atoms with Crippen LogP contribution in [0.3, 0.4) is 0 Å². The Morgan fingerprint density at radius 3 is 2.82 bits per heavy atom. The average Bonchev–Trinajstić information content (AvgIpc) is 2.63. The summed E-state index contributed by atoms with van der Waals surface area (Å²) < 4.78 is 2.26. The van der Waals surface area contributed by atoms with Crippen LogP contribution in [0.1, 0.15) is 23.7 Å². The lowest BCUT2D eigenvalue weighted by molar-refractivity contribution is 1.09.